The second-order valence-electron chi connectivity index (χ2n) is 15.3. The first-order valence-corrected chi connectivity index (χ1v) is 19.6. The normalized spacial score (nSPS) is 13.3. The SMILES string of the molecule is CN(C)c1ccc(/C=C/c2ccc(N3CN(c4ccc(/C=C/c5ccc(N(C)C)cc5)cc4)CN(c4ccc(/C=C/c5ccc(N(C)C)cc5)cc4)C3)cc2)cc1. The maximum atomic E-state index is 2.45. The molecule has 0 unspecified atom stereocenters. The molecular weight excluding hydrogens is 697 g/mol. The van der Waals surface area contributed by atoms with Crippen molar-refractivity contribution in [2.45, 2.75) is 0 Å². The first-order valence-electron chi connectivity index (χ1n) is 19.6. The van der Waals surface area contributed by atoms with Crippen LogP contribution in [0.2, 0.25) is 0 Å². The van der Waals surface area contributed by atoms with Crippen molar-refractivity contribution in [2.24, 2.45) is 0 Å². The van der Waals surface area contributed by atoms with Crippen molar-refractivity contribution < 1.29 is 0 Å². The van der Waals surface area contributed by atoms with Crippen LogP contribution in [-0.2, 0) is 0 Å². The van der Waals surface area contributed by atoms with Crippen LogP contribution in [0, 0.1) is 0 Å². The van der Waals surface area contributed by atoms with E-state index in [9.17, 15) is 0 Å². The summed E-state index contributed by atoms with van der Waals surface area (Å²) in [5.41, 5.74) is 14.3. The van der Waals surface area contributed by atoms with Gasteiger partial charge in [0.15, 0.2) is 0 Å². The van der Waals surface area contributed by atoms with Crippen LogP contribution in [0.3, 0.4) is 0 Å². The molecule has 0 saturated carbocycles. The Kier molecular flexibility index (Phi) is 12.1. The molecule has 1 aliphatic heterocycles. The molecule has 0 aliphatic carbocycles. The maximum absolute atomic E-state index is 2.45. The van der Waals surface area contributed by atoms with E-state index in [4.69, 9.17) is 0 Å². The maximum Gasteiger partial charge on any atom is 0.0937 e. The van der Waals surface area contributed by atoms with Gasteiger partial charge >= 0.3 is 0 Å². The highest BCUT2D eigenvalue weighted by molar-refractivity contribution is 5.74. The third-order valence-electron chi connectivity index (χ3n) is 10.4. The van der Waals surface area contributed by atoms with E-state index in [2.05, 4.69) is 254 Å². The third kappa shape index (κ3) is 10.2. The fourth-order valence-electron chi connectivity index (χ4n) is 6.86. The van der Waals surface area contributed by atoms with Crippen molar-refractivity contribution in [1.82, 2.24) is 0 Å². The average molecular weight is 751 g/mol. The minimum absolute atomic E-state index is 0.782. The monoisotopic (exact) mass is 750 g/mol. The van der Waals surface area contributed by atoms with E-state index in [-0.39, 0.29) is 0 Å². The van der Waals surface area contributed by atoms with Gasteiger partial charge in [-0.05, 0) is 106 Å². The first-order chi connectivity index (χ1) is 27.7. The Morgan fingerprint density at radius 1 is 0.281 bits per heavy atom. The predicted octanol–water partition coefficient (Wildman–Crippen LogP) is 11.1. The molecule has 1 saturated heterocycles. The molecule has 6 heteroatoms. The molecular formula is C51H54N6. The lowest BCUT2D eigenvalue weighted by atomic mass is 10.1. The predicted molar refractivity (Wildman–Crippen MR) is 250 cm³/mol. The fourth-order valence-corrected chi connectivity index (χ4v) is 6.86. The molecule has 7 rings (SSSR count). The van der Waals surface area contributed by atoms with Gasteiger partial charge in [-0.25, -0.2) is 0 Å². The van der Waals surface area contributed by atoms with E-state index in [1.807, 2.05) is 0 Å². The lowest BCUT2D eigenvalue weighted by Crippen LogP contribution is -2.55. The summed E-state index contributed by atoms with van der Waals surface area (Å²) in [5.74, 6) is 0. The van der Waals surface area contributed by atoms with Crippen molar-refractivity contribution in [2.75, 3.05) is 91.7 Å². The zero-order valence-electron chi connectivity index (χ0n) is 34.1. The van der Waals surface area contributed by atoms with Gasteiger partial charge in [0, 0.05) is 76.4 Å². The van der Waals surface area contributed by atoms with E-state index < -0.39 is 0 Å². The Morgan fingerprint density at radius 2 is 0.456 bits per heavy atom. The molecule has 0 bridgehead atoms. The Labute approximate surface area is 340 Å². The Balaban J connectivity index is 1.08. The lowest BCUT2D eigenvalue weighted by molar-refractivity contribution is 0.611. The molecule has 0 spiro atoms. The molecule has 0 aromatic heterocycles. The van der Waals surface area contributed by atoms with Crippen molar-refractivity contribution in [1.29, 1.82) is 0 Å². The van der Waals surface area contributed by atoms with Gasteiger partial charge in [-0.15, -0.1) is 0 Å². The number of nitrogens with zero attached hydrogens (tertiary/aromatic N) is 6. The minimum atomic E-state index is 0.782. The van der Waals surface area contributed by atoms with Crippen LogP contribution in [-0.4, -0.2) is 62.3 Å². The summed E-state index contributed by atoms with van der Waals surface area (Å²) in [6, 6.07) is 52.7. The van der Waals surface area contributed by atoms with Crippen LogP contribution in [0.5, 0.6) is 0 Å². The molecule has 6 aromatic carbocycles. The molecule has 6 aromatic rings. The van der Waals surface area contributed by atoms with Gasteiger partial charge < -0.3 is 29.4 Å². The molecule has 1 fully saturated rings. The van der Waals surface area contributed by atoms with Crippen LogP contribution in [0.1, 0.15) is 33.4 Å². The number of rotatable bonds is 12. The topological polar surface area (TPSA) is 19.4 Å². The van der Waals surface area contributed by atoms with Crippen LogP contribution in [0.15, 0.2) is 146 Å². The van der Waals surface area contributed by atoms with Gasteiger partial charge in [0.1, 0.15) is 0 Å². The smallest absolute Gasteiger partial charge is 0.0937 e. The summed E-state index contributed by atoms with van der Waals surface area (Å²) in [4.78, 5) is 13.7. The van der Waals surface area contributed by atoms with Gasteiger partial charge in [0.2, 0.25) is 0 Å². The summed E-state index contributed by atoms with van der Waals surface area (Å²) in [6.45, 7) is 2.35. The summed E-state index contributed by atoms with van der Waals surface area (Å²) < 4.78 is 0. The molecule has 288 valence electrons. The zero-order valence-corrected chi connectivity index (χ0v) is 34.1. The van der Waals surface area contributed by atoms with Gasteiger partial charge in [-0.2, -0.15) is 0 Å². The molecule has 0 N–H and O–H groups in total. The van der Waals surface area contributed by atoms with Gasteiger partial charge in [-0.3, -0.25) is 0 Å². The highest BCUT2D eigenvalue weighted by atomic mass is 15.5. The second-order valence-corrected chi connectivity index (χ2v) is 15.3. The minimum Gasteiger partial charge on any atom is -0.378 e. The Hall–Kier alpha value is -6.66. The van der Waals surface area contributed by atoms with Crippen molar-refractivity contribution in [3.8, 4) is 0 Å². The van der Waals surface area contributed by atoms with Crippen LogP contribution in [0.4, 0.5) is 34.1 Å². The third-order valence-corrected chi connectivity index (χ3v) is 10.4. The first kappa shape index (κ1) is 38.6. The number of anilines is 6. The molecule has 0 amide bonds. The molecule has 6 nitrogen and oxygen atoms in total. The number of hydrogen-bond donors (Lipinski definition) is 0. The Morgan fingerprint density at radius 3 is 0.632 bits per heavy atom. The molecule has 0 radical (unpaired) electrons. The van der Waals surface area contributed by atoms with Gasteiger partial charge in [0.05, 0.1) is 20.0 Å². The molecule has 1 aliphatic rings. The molecule has 1 heterocycles. The summed E-state index contributed by atoms with van der Waals surface area (Å²) in [6.07, 6.45) is 13.1. The molecule has 57 heavy (non-hydrogen) atoms. The van der Waals surface area contributed by atoms with Crippen LogP contribution in [0.25, 0.3) is 36.5 Å². The summed E-state index contributed by atoms with van der Waals surface area (Å²) in [7, 11) is 12.4. The van der Waals surface area contributed by atoms with Crippen molar-refractivity contribution in [3.05, 3.63) is 179 Å². The second kappa shape index (κ2) is 17.9. The molecule has 0 atom stereocenters. The average Bonchev–Trinajstić information content (AvgIpc) is 3.25. The van der Waals surface area contributed by atoms with E-state index in [0.29, 0.717) is 0 Å². The number of benzene rings is 6. The van der Waals surface area contributed by atoms with Gasteiger partial charge in [-0.1, -0.05) is 109 Å². The largest absolute Gasteiger partial charge is 0.378 e. The zero-order chi connectivity index (χ0) is 39.7. The van der Waals surface area contributed by atoms with Crippen molar-refractivity contribution >= 4 is 70.6 Å². The van der Waals surface area contributed by atoms with Crippen molar-refractivity contribution in [3.63, 3.8) is 0 Å². The number of hydrogen-bond acceptors (Lipinski definition) is 6. The van der Waals surface area contributed by atoms with Crippen LogP contribution >= 0.6 is 0 Å². The standard InChI is InChI=1S/C51H54N6/c1-52(2)46-25-13-40(14-26-46)7-10-43-19-31-49(32-20-43)55-37-56(50-33-21-44(22-34-50)11-8-41-15-27-47(28-16-41)53(3)4)39-57(38-55)51-35-23-45(24-36-51)12-9-42-17-29-48(30-18-42)54(5)6/h7-36H,37-39H2,1-6H3/b10-7+,11-8+,12-9+. The van der Waals surface area contributed by atoms with E-state index in [1.165, 1.54) is 67.5 Å². The Bertz CT molecular complexity index is 2000. The highest BCUT2D eigenvalue weighted by Crippen LogP contribution is 2.29. The van der Waals surface area contributed by atoms with Crippen LogP contribution < -0.4 is 29.4 Å². The van der Waals surface area contributed by atoms with E-state index >= 15 is 0 Å². The fraction of sp³-hybridized carbons (Fsp3) is 0.176. The quantitative estimate of drug-likeness (QED) is 0.115. The van der Waals surface area contributed by atoms with Gasteiger partial charge in [0.25, 0.3) is 0 Å². The lowest BCUT2D eigenvalue weighted by Gasteiger charge is -2.45. The van der Waals surface area contributed by atoms with E-state index in [0.717, 1.165) is 20.0 Å². The van der Waals surface area contributed by atoms with E-state index in [1.54, 1.807) is 0 Å². The summed E-state index contributed by atoms with van der Waals surface area (Å²) in [5, 5.41) is 0. The summed E-state index contributed by atoms with van der Waals surface area (Å²) >= 11 is 0. The highest BCUT2D eigenvalue weighted by Gasteiger charge is 2.24.